The second kappa shape index (κ2) is 5.64. The molecule has 0 saturated heterocycles. The minimum atomic E-state index is -1.63. The van der Waals surface area contributed by atoms with Crippen molar-refractivity contribution in [3.8, 4) is 0 Å². The third kappa shape index (κ3) is 4.50. The Hall–Kier alpha value is -0.603. The predicted octanol–water partition coefficient (Wildman–Crippen LogP) is 4.70. The molecule has 0 rings (SSSR count). The van der Waals surface area contributed by atoms with Crippen LogP contribution in [-0.4, -0.2) is 14.9 Å². The maximum absolute atomic E-state index is 6.05. The smallest absolute Gasteiger partial charge is 0.192 e. The monoisotopic (exact) mass is 238 g/mol. The van der Waals surface area contributed by atoms with Crippen LogP contribution < -0.4 is 0 Å². The van der Waals surface area contributed by atoms with E-state index in [9.17, 15) is 0 Å². The molecule has 0 atom stereocenters. The summed E-state index contributed by atoms with van der Waals surface area (Å²) in [6, 6.07) is 0. The summed E-state index contributed by atoms with van der Waals surface area (Å²) in [7, 11) is -1.63. The van der Waals surface area contributed by atoms with Gasteiger partial charge in [-0.3, -0.25) is 0 Å². The average Bonchev–Trinajstić information content (AvgIpc) is 2.09. The molecule has 1 nitrogen and oxygen atoms in total. The van der Waals surface area contributed by atoms with Crippen LogP contribution in [-0.2, 0) is 4.43 Å². The van der Waals surface area contributed by atoms with E-state index in [4.69, 9.17) is 4.43 Å². The van der Waals surface area contributed by atoms with Gasteiger partial charge in [-0.05, 0) is 30.6 Å². The van der Waals surface area contributed by atoms with Crippen molar-refractivity contribution < 1.29 is 4.43 Å². The highest BCUT2D eigenvalue weighted by atomic mass is 28.4. The largest absolute Gasteiger partial charge is 0.413 e. The highest BCUT2D eigenvalue weighted by Gasteiger charge is 2.36. The second-order valence-electron chi connectivity index (χ2n) is 5.72. The Kier molecular flexibility index (Phi) is 5.43. The first-order chi connectivity index (χ1) is 7.12. The van der Waals surface area contributed by atoms with E-state index < -0.39 is 8.32 Å². The fourth-order valence-electron chi connectivity index (χ4n) is 0.988. The van der Waals surface area contributed by atoms with E-state index in [1.807, 2.05) is 13.0 Å². The van der Waals surface area contributed by atoms with E-state index in [1.54, 1.807) is 0 Å². The molecule has 16 heavy (non-hydrogen) atoms. The van der Waals surface area contributed by atoms with Gasteiger partial charge in [0.25, 0.3) is 0 Å². The quantitative estimate of drug-likeness (QED) is 0.498. The number of rotatable bonds is 5. The lowest BCUT2D eigenvalue weighted by molar-refractivity contribution is 0.327. The topological polar surface area (TPSA) is 9.23 Å². The Morgan fingerprint density at radius 1 is 1.31 bits per heavy atom. The second-order valence-corrected chi connectivity index (χ2v) is 10.5. The molecule has 0 unspecified atom stereocenters. The Labute approximate surface area is 102 Å². The first-order valence-corrected chi connectivity index (χ1v) is 8.65. The lowest BCUT2D eigenvalue weighted by Crippen LogP contribution is -2.40. The molecule has 0 bridgehead atoms. The van der Waals surface area contributed by atoms with Crippen LogP contribution in [0.2, 0.25) is 18.1 Å². The molecule has 0 aromatic carbocycles. The summed E-state index contributed by atoms with van der Waals surface area (Å²) in [5.41, 5.74) is 2.12. The Bertz CT molecular complexity index is 292. The number of hydrogen-bond acceptors (Lipinski definition) is 1. The maximum Gasteiger partial charge on any atom is 0.192 e. The zero-order chi connectivity index (χ0) is 13.0. The molecule has 0 aromatic rings. The minimum Gasteiger partial charge on any atom is -0.413 e. The van der Waals surface area contributed by atoms with Crippen molar-refractivity contribution in [3.63, 3.8) is 0 Å². The van der Waals surface area contributed by atoms with Crippen molar-refractivity contribution in [1.82, 2.24) is 0 Å². The molecule has 2 heteroatoms. The third-order valence-electron chi connectivity index (χ3n) is 3.27. The van der Waals surface area contributed by atoms with Crippen molar-refractivity contribution in [2.24, 2.45) is 0 Å². The molecule has 0 fully saturated rings. The van der Waals surface area contributed by atoms with Gasteiger partial charge in [-0.2, -0.15) is 0 Å². The van der Waals surface area contributed by atoms with Crippen LogP contribution in [0, 0.1) is 0 Å². The molecule has 0 N–H and O–H groups in total. The van der Waals surface area contributed by atoms with Gasteiger partial charge in [-0.25, -0.2) is 0 Å². The van der Waals surface area contributed by atoms with Gasteiger partial charge in [-0.15, -0.1) is 0 Å². The molecule has 0 amide bonds. The summed E-state index contributed by atoms with van der Waals surface area (Å²) in [4.78, 5) is 0. The van der Waals surface area contributed by atoms with Gasteiger partial charge in [0.1, 0.15) is 0 Å². The van der Waals surface area contributed by atoms with Gasteiger partial charge in [0.2, 0.25) is 0 Å². The summed E-state index contributed by atoms with van der Waals surface area (Å²) in [6.07, 6.45) is 3.90. The molecule has 0 spiro atoms. The first-order valence-electron chi connectivity index (χ1n) is 5.74. The molecule has 0 heterocycles. The Morgan fingerprint density at radius 3 is 2.12 bits per heavy atom. The van der Waals surface area contributed by atoms with Crippen LogP contribution in [0.1, 0.15) is 27.7 Å². The maximum atomic E-state index is 6.05. The summed E-state index contributed by atoms with van der Waals surface area (Å²) in [6.45, 7) is 21.6. The molecule has 0 aliphatic rings. The summed E-state index contributed by atoms with van der Waals surface area (Å²) >= 11 is 0. The Morgan fingerprint density at radius 2 is 1.81 bits per heavy atom. The molecule has 0 saturated carbocycles. The zero-order valence-electron chi connectivity index (χ0n) is 11.7. The standard InChI is InChI=1S/C14H26OSi/c1-9-13(12(2)3)10-11-15-16(7,8)14(4,5)6/h9-10H,1-2,11H2,3-8H3/b13-10+. The molecular formula is C14H26OSi. The first kappa shape index (κ1) is 15.4. The van der Waals surface area contributed by atoms with Gasteiger partial charge in [0.05, 0.1) is 6.61 Å². The highest BCUT2D eigenvalue weighted by molar-refractivity contribution is 6.74. The third-order valence-corrected chi connectivity index (χ3v) is 7.77. The van der Waals surface area contributed by atoms with E-state index in [1.165, 1.54) is 0 Å². The lowest BCUT2D eigenvalue weighted by Gasteiger charge is -2.35. The van der Waals surface area contributed by atoms with Gasteiger partial charge in [-0.1, -0.05) is 51.7 Å². The minimum absolute atomic E-state index is 0.262. The van der Waals surface area contributed by atoms with E-state index in [2.05, 4.69) is 53.1 Å². The number of allylic oxidation sites excluding steroid dienone is 3. The summed E-state index contributed by atoms with van der Waals surface area (Å²) in [5.74, 6) is 0. The van der Waals surface area contributed by atoms with Gasteiger partial charge in [0, 0.05) is 0 Å². The fourth-order valence-corrected chi connectivity index (χ4v) is 1.92. The molecule has 0 radical (unpaired) electrons. The molecule has 92 valence electrons. The van der Waals surface area contributed by atoms with Crippen molar-refractivity contribution in [2.45, 2.75) is 45.8 Å². The summed E-state index contributed by atoms with van der Waals surface area (Å²) in [5, 5.41) is 0.262. The van der Waals surface area contributed by atoms with Crippen LogP contribution in [0.4, 0.5) is 0 Å². The van der Waals surface area contributed by atoms with Gasteiger partial charge in [0.15, 0.2) is 8.32 Å². The summed E-state index contributed by atoms with van der Waals surface area (Å²) < 4.78 is 6.05. The van der Waals surface area contributed by atoms with E-state index in [0.29, 0.717) is 6.61 Å². The lowest BCUT2D eigenvalue weighted by atomic mass is 10.1. The molecule has 0 aromatic heterocycles. The van der Waals surface area contributed by atoms with Crippen LogP contribution in [0.3, 0.4) is 0 Å². The van der Waals surface area contributed by atoms with Crippen molar-refractivity contribution in [1.29, 1.82) is 0 Å². The van der Waals surface area contributed by atoms with E-state index in [-0.39, 0.29) is 5.04 Å². The highest BCUT2D eigenvalue weighted by Crippen LogP contribution is 2.36. The number of hydrogen-bond donors (Lipinski definition) is 0. The van der Waals surface area contributed by atoms with Crippen molar-refractivity contribution >= 4 is 8.32 Å². The SMILES string of the molecule is C=C/C(=C\CO[Si](C)(C)C(C)(C)C)C(=C)C. The normalized spacial score (nSPS) is 13.8. The van der Waals surface area contributed by atoms with Crippen LogP contribution in [0.5, 0.6) is 0 Å². The van der Waals surface area contributed by atoms with Crippen LogP contribution in [0.25, 0.3) is 0 Å². The molecule has 0 aliphatic heterocycles. The van der Waals surface area contributed by atoms with E-state index in [0.717, 1.165) is 11.1 Å². The predicted molar refractivity (Wildman–Crippen MR) is 76.2 cm³/mol. The average molecular weight is 238 g/mol. The molecular weight excluding hydrogens is 212 g/mol. The van der Waals surface area contributed by atoms with Gasteiger partial charge < -0.3 is 4.43 Å². The van der Waals surface area contributed by atoms with Crippen LogP contribution in [0.15, 0.2) is 36.5 Å². The Balaban J connectivity index is 4.48. The molecule has 0 aliphatic carbocycles. The van der Waals surface area contributed by atoms with E-state index >= 15 is 0 Å². The van der Waals surface area contributed by atoms with Crippen molar-refractivity contribution in [3.05, 3.63) is 36.5 Å². The fraction of sp³-hybridized carbons (Fsp3) is 0.571. The zero-order valence-corrected chi connectivity index (χ0v) is 12.7. The van der Waals surface area contributed by atoms with Crippen molar-refractivity contribution in [2.75, 3.05) is 6.61 Å². The van der Waals surface area contributed by atoms with Crippen LogP contribution >= 0.6 is 0 Å². The van der Waals surface area contributed by atoms with Gasteiger partial charge >= 0.3 is 0 Å².